The average Bonchev–Trinajstić information content (AvgIpc) is 2.41. The molecule has 2 rings (SSSR count). The van der Waals surface area contributed by atoms with Crippen LogP contribution in [0.5, 0.6) is 0 Å². The number of nitrogens with one attached hydrogen (secondary N) is 1. The van der Waals surface area contributed by atoms with Crippen LogP contribution >= 0.6 is 34.8 Å². The molecule has 0 amide bonds. The normalized spacial score (nSPS) is 12.4. The van der Waals surface area contributed by atoms with Crippen molar-refractivity contribution in [2.75, 3.05) is 7.05 Å². The molecule has 0 radical (unpaired) electrons. The SMILES string of the molecule is CNC(Cc1cc(Cl)ccc1Cl)c1ncccc1Cl. The van der Waals surface area contributed by atoms with E-state index in [1.807, 2.05) is 25.2 Å². The van der Waals surface area contributed by atoms with Gasteiger partial charge in [-0.3, -0.25) is 4.98 Å². The Morgan fingerprint density at radius 2 is 1.95 bits per heavy atom. The van der Waals surface area contributed by atoms with Crippen LogP contribution in [0.4, 0.5) is 0 Å². The van der Waals surface area contributed by atoms with Gasteiger partial charge in [0.2, 0.25) is 0 Å². The average molecular weight is 316 g/mol. The number of hydrogen-bond acceptors (Lipinski definition) is 2. The van der Waals surface area contributed by atoms with Gasteiger partial charge in [-0.05, 0) is 49.4 Å². The van der Waals surface area contributed by atoms with Crippen molar-refractivity contribution in [3.05, 3.63) is 62.9 Å². The van der Waals surface area contributed by atoms with Crippen molar-refractivity contribution < 1.29 is 0 Å². The molecule has 5 heteroatoms. The van der Waals surface area contributed by atoms with Crippen LogP contribution in [-0.4, -0.2) is 12.0 Å². The van der Waals surface area contributed by atoms with Gasteiger partial charge < -0.3 is 5.32 Å². The highest BCUT2D eigenvalue weighted by molar-refractivity contribution is 6.33. The van der Waals surface area contributed by atoms with Gasteiger partial charge in [-0.2, -0.15) is 0 Å². The topological polar surface area (TPSA) is 24.9 Å². The lowest BCUT2D eigenvalue weighted by Crippen LogP contribution is -2.20. The minimum Gasteiger partial charge on any atom is -0.311 e. The number of likely N-dealkylation sites (N-methyl/N-ethyl adjacent to an activating group) is 1. The van der Waals surface area contributed by atoms with Crippen molar-refractivity contribution in [1.29, 1.82) is 0 Å². The monoisotopic (exact) mass is 314 g/mol. The van der Waals surface area contributed by atoms with Crippen molar-refractivity contribution in [3.63, 3.8) is 0 Å². The van der Waals surface area contributed by atoms with E-state index in [1.165, 1.54) is 0 Å². The second kappa shape index (κ2) is 6.58. The first-order valence-electron chi connectivity index (χ1n) is 5.83. The molecular formula is C14H13Cl3N2. The van der Waals surface area contributed by atoms with Gasteiger partial charge in [0, 0.05) is 16.2 Å². The largest absolute Gasteiger partial charge is 0.311 e. The number of benzene rings is 1. The van der Waals surface area contributed by atoms with Gasteiger partial charge in [-0.25, -0.2) is 0 Å². The van der Waals surface area contributed by atoms with Crippen molar-refractivity contribution in [2.45, 2.75) is 12.5 Å². The molecule has 2 nitrogen and oxygen atoms in total. The first-order chi connectivity index (χ1) is 9.11. The summed E-state index contributed by atoms with van der Waals surface area (Å²) in [5.74, 6) is 0. The molecule has 0 saturated heterocycles. The summed E-state index contributed by atoms with van der Waals surface area (Å²) in [5, 5.41) is 5.20. The molecule has 0 fully saturated rings. The molecule has 0 aliphatic rings. The molecule has 1 unspecified atom stereocenters. The van der Waals surface area contributed by atoms with Gasteiger partial charge in [0.05, 0.1) is 16.8 Å². The molecule has 19 heavy (non-hydrogen) atoms. The minimum absolute atomic E-state index is 0.00957. The number of halogens is 3. The van der Waals surface area contributed by atoms with Crippen LogP contribution in [-0.2, 0) is 6.42 Å². The van der Waals surface area contributed by atoms with Gasteiger partial charge in [0.1, 0.15) is 0 Å². The highest BCUT2D eigenvalue weighted by Crippen LogP contribution is 2.28. The van der Waals surface area contributed by atoms with E-state index in [4.69, 9.17) is 34.8 Å². The maximum Gasteiger partial charge on any atom is 0.0762 e. The molecule has 1 N–H and O–H groups in total. The van der Waals surface area contributed by atoms with E-state index < -0.39 is 0 Å². The minimum atomic E-state index is -0.00957. The highest BCUT2D eigenvalue weighted by atomic mass is 35.5. The molecular weight excluding hydrogens is 303 g/mol. The van der Waals surface area contributed by atoms with Crippen LogP contribution in [0.15, 0.2) is 36.5 Å². The Balaban J connectivity index is 2.29. The molecule has 0 aliphatic heterocycles. The molecule has 100 valence electrons. The third kappa shape index (κ3) is 3.61. The number of pyridine rings is 1. The van der Waals surface area contributed by atoms with Gasteiger partial charge >= 0.3 is 0 Å². The number of rotatable bonds is 4. The molecule has 1 atom stereocenters. The van der Waals surface area contributed by atoms with E-state index in [9.17, 15) is 0 Å². The Labute approximate surface area is 127 Å². The van der Waals surface area contributed by atoms with Crippen molar-refractivity contribution in [3.8, 4) is 0 Å². The summed E-state index contributed by atoms with van der Waals surface area (Å²) in [6, 6.07) is 9.07. The second-order valence-corrected chi connectivity index (χ2v) is 5.40. The second-order valence-electron chi connectivity index (χ2n) is 4.15. The first kappa shape index (κ1) is 14.6. The van der Waals surface area contributed by atoms with Gasteiger partial charge in [-0.15, -0.1) is 0 Å². The van der Waals surface area contributed by atoms with Crippen molar-refractivity contribution >= 4 is 34.8 Å². The lowest BCUT2D eigenvalue weighted by atomic mass is 10.0. The standard InChI is InChI=1S/C14H13Cl3N2/c1-18-13(14-12(17)3-2-6-19-14)8-9-7-10(15)4-5-11(9)16/h2-7,13,18H,8H2,1H3. The smallest absolute Gasteiger partial charge is 0.0762 e. The fraction of sp³-hybridized carbons (Fsp3) is 0.214. The van der Waals surface area contributed by atoms with Crippen LogP contribution in [0.3, 0.4) is 0 Å². The summed E-state index contributed by atoms with van der Waals surface area (Å²) >= 11 is 18.4. The summed E-state index contributed by atoms with van der Waals surface area (Å²) in [6.07, 6.45) is 2.40. The Morgan fingerprint density at radius 1 is 1.16 bits per heavy atom. The molecule has 0 bridgehead atoms. The predicted octanol–water partition coefficient (Wildman–Crippen LogP) is 4.55. The quantitative estimate of drug-likeness (QED) is 0.895. The third-order valence-corrected chi connectivity index (χ3v) is 3.82. The van der Waals surface area contributed by atoms with Gasteiger partial charge in [-0.1, -0.05) is 34.8 Å². The zero-order valence-electron chi connectivity index (χ0n) is 10.3. The molecule has 0 aliphatic carbocycles. The van der Waals surface area contributed by atoms with E-state index in [2.05, 4.69) is 10.3 Å². The lowest BCUT2D eigenvalue weighted by Gasteiger charge is -2.17. The predicted molar refractivity (Wildman–Crippen MR) is 81.2 cm³/mol. The number of nitrogens with zero attached hydrogens (tertiary/aromatic N) is 1. The fourth-order valence-corrected chi connectivity index (χ4v) is 2.55. The molecule has 0 saturated carbocycles. The van der Waals surface area contributed by atoms with Crippen LogP contribution in [0.2, 0.25) is 15.1 Å². The summed E-state index contributed by atoms with van der Waals surface area (Å²) in [6.45, 7) is 0. The summed E-state index contributed by atoms with van der Waals surface area (Å²) in [5.41, 5.74) is 1.78. The van der Waals surface area contributed by atoms with Crippen molar-refractivity contribution in [1.82, 2.24) is 10.3 Å². The van der Waals surface area contributed by atoms with E-state index in [0.717, 1.165) is 11.3 Å². The summed E-state index contributed by atoms with van der Waals surface area (Å²) < 4.78 is 0. The highest BCUT2D eigenvalue weighted by Gasteiger charge is 2.16. The van der Waals surface area contributed by atoms with Crippen LogP contribution < -0.4 is 5.32 Å². The Hall–Kier alpha value is -0.800. The molecule has 1 heterocycles. The molecule has 1 aromatic heterocycles. The van der Waals surface area contributed by atoms with Crippen molar-refractivity contribution in [2.24, 2.45) is 0 Å². The fourth-order valence-electron chi connectivity index (χ4n) is 1.91. The molecule has 2 aromatic rings. The van der Waals surface area contributed by atoms with Gasteiger partial charge in [0.25, 0.3) is 0 Å². The van der Waals surface area contributed by atoms with E-state index in [0.29, 0.717) is 21.5 Å². The number of aromatic nitrogens is 1. The van der Waals surface area contributed by atoms with E-state index in [-0.39, 0.29) is 6.04 Å². The third-order valence-electron chi connectivity index (χ3n) is 2.90. The van der Waals surface area contributed by atoms with E-state index >= 15 is 0 Å². The Kier molecular flexibility index (Phi) is 5.06. The zero-order valence-corrected chi connectivity index (χ0v) is 12.6. The first-order valence-corrected chi connectivity index (χ1v) is 6.97. The van der Waals surface area contributed by atoms with E-state index in [1.54, 1.807) is 18.3 Å². The summed E-state index contributed by atoms with van der Waals surface area (Å²) in [7, 11) is 1.87. The zero-order chi connectivity index (χ0) is 13.8. The summed E-state index contributed by atoms with van der Waals surface area (Å²) in [4.78, 5) is 4.33. The van der Waals surface area contributed by atoms with Crippen LogP contribution in [0.1, 0.15) is 17.3 Å². The molecule has 1 aromatic carbocycles. The molecule has 0 spiro atoms. The Morgan fingerprint density at radius 3 is 2.63 bits per heavy atom. The Bertz CT molecular complexity index is 572. The van der Waals surface area contributed by atoms with Crippen LogP contribution in [0.25, 0.3) is 0 Å². The number of hydrogen-bond donors (Lipinski definition) is 1. The maximum absolute atomic E-state index is 6.18. The van der Waals surface area contributed by atoms with Crippen LogP contribution in [0, 0.1) is 0 Å². The maximum atomic E-state index is 6.18. The lowest BCUT2D eigenvalue weighted by molar-refractivity contribution is 0.576. The van der Waals surface area contributed by atoms with Gasteiger partial charge in [0.15, 0.2) is 0 Å².